The molecule has 3 nitrogen and oxygen atoms in total. The van der Waals surface area contributed by atoms with Crippen molar-refractivity contribution in [3.63, 3.8) is 0 Å². The number of aryl methyl sites for hydroxylation is 1. The summed E-state index contributed by atoms with van der Waals surface area (Å²) >= 11 is 0. The van der Waals surface area contributed by atoms with Gasteiger partial charge in [0.15, 0.2) is 0 Å². The third-order valence-electron chi connectivity index (χ3n) is 2.20. The monoisotopic (exact) mass is 209 g/mol. The van der Waals surface area contributed by atoms with Gasteiger partial charge in [-0.1, -0.05) is 13.8 Å². The number of rotatable bonds is 4. The Morgan fingerprint density at radius 1 is 1.53 bits per heavy atom. The first-order valence-electron chi connectivity index (χ1n) is 5.39. The van der Waals surface area contributed by atoms with Crippen molar-refractivity contribution in [2.24, 2.45) is 5.92 Å². The first kappa shape index (κ1) is 11.8. The lowest BCUT2D eigenvalue weighted by Crippen LogP contribution is -2.15. The smallest absolute Gasteiger partial charge is 0.355 e. The summed E-state index contributed by atoms with van der Waals surface area (Å²) in [5, 5.41) is 0. The number of ether oxygens (including phenoxy) is 1. The quantitative estimate of drug-likeness (QED) is 0.714. The minimum Gasteiger partial charge on any atom is -0.461 e. The predicted octanol–water partition coefficient (Wildman–Crippen LogP) is 2.63. The van der Waals surface area contributed by atoms with E-state index in [1.54, 1.807) is 0 Å². The topological polar surface area (TPSA) is 31.2 Å². The van der Waals surface area contributed by atoms with E-state index >= 15 is 0 Å². The number of carbonyl (C=O) groups is 1. The molecule has 0 aliphatic heterocycles. The van der Waals surface area contributed by atoms with E-state index in [1.807, 2.05) is 30.7 Å². The molecule has 0 aromatic carbocycles. The van der Waals surface area contributed by atoms with E-state index in [-0.39, 0.29) is 5.97 Å². The Morgan fingerprint density at radius 3 is 2.73 bits per heavy atom. The summed E-state index contributed by atoms with van der Waals surface area (Å²) in [6.07, 6.45) is 1.95. The zero-order valence-corrected chi connectivity index (χ0v) is 9.91. The molecule has 0 aliphatic rings. The average molecular weight is 209 g/mol. The highest BCUT2D eigenvalue weighted by Crippen LogP contribution is 2.13. The van der Waals surface area contributed by atoms with Gasteiger partial charge in [-0.25, -0.2) is 4.79 Å². The van der Waals surface area contributed by atoms with Gasteiger partial charge in [0.05, 0.1) is 6.61 Å². The number of carbonyl (C=O) groups excluding carboxylic acids is 1. The van der Waals surface area contributed by atoms with Crippen molar-refractivity contribution in [1.82, 2.24) is 4.57 Å². The molecule has 0 unspecified atom stereocenters. The van der Waals surface area contributed by atoms with Gasteiger partial charge in [-0.15, -0.1) is 0 Å². The highest BCUT2D eigenvalue weighted by molar-refractivity contribution is 5.89. The Balaban J connectivity index is 2.93. The summed E-state index contributed by atoms with van der Waals surface area (Å²) in [5.74, 6) is 0.297. The molecular formula is C12H19NO2. The van der Waals surface area contributed by atoms with Crippen LogP contribution in [0.3, 0.4) is 0 Å². The molecule has 1 heterocycles. The van der Waals surface area contributed by atoms with Crippen LogP contribution in [0.2, 0.25) is 0 Å². The molecular weight excluding hydrogens is 190 g/mol. The first-order valence-corrected chi connectivity index (χ1v) is 5.39. The molecule has 0 saturated carbocycles. The zero-order chi connectivity index (χ0) is 11.4. The first-order chi connectivity index (χ1) is 7.06. The Bertz CT molecular complexity index is 339. The third-order valence-corrected chi connectivity index (χ3v) is 2.20. The summed E-state index contributed by atoms with van der Waals surface area (Å²) < 4.78 is 7.00. The van der Waals surface area contributed by atoms with Crippen LogP contribution in [0.25, 0.3) is 0 Å². The van der Waals surface area contributed by atoms with Gasteiger partial charge in [0.2, 0.25) is 0 Å². The van der Waals surface area contributed by atoms with Crippen LogP contribution in [-0.2, 0) is 11.3 Å². The van der Waals surface area contributed by atoms with Crippen LogP contribution in [0.1, 0.15) is 36.8 Å². The molecule has 0 radical (unpaired) electrons. The van der Waals surface area contributed by atoms with Gasteiger partial charge in [0.1, 0.15) is 5.69 Å². The lowest BCUT2D eigenvalue weighted by atomic mass is 10.2. The Morgan fingerprint density at radius 2 is 2.20 bits per heavy atom. The molecule has 0 saturated heterocycles. The molecule has 0 aliphatic carbocycles. The van der Waals surface area contributed by atoms with Crippen molar-refractivity contribution in [3.8, 4) is 0 Å². The summed E-state index contributed by atoms with van der Waals surface area (Å²) in [4.78, 5) is 11.7. The normalized spacial score (nSPS) is 10.7. The van der Waals surface area contributed by atoms with E-state index in [1.165, 1.54) is 0 Å². The molecule has 0 fully saturated rings. The Labute approximate surface area is 91.0 Å². The number of hydrogen-bond acceptors (Lipinski definition) is 2. The van der Waals surface area contributed by atoms with Crippen molar-refractivity contribution in [3.05, 3.63) is 23.5 Å². The number of aromatic nitrogens is 1. The lowest BCUT2D eigenvalue weighted by Gasteiger charge is -2.11. The van der Waals surface area contributed by atoms with Crippen LogP contribution in [0.5, 0.6) is 0 Å². The summed E-state index contributed by atoms with van der Waals surface area (Å²) in [6, 6.07) is 1.95. The number of esters is 1. The van der Waals surface area contributed by atoms with Gasteiger partial charge in [-0.3, -0.25) is 0 Å². The zero-order valence-electron chi connectivity index (χ0n) is 9.91. The second-order valence-corrected chi connectivity index (χ2v) is 4.11. The van der Waals surface area contributed by atoms with Crippen molar-refractivity contribution in [2.45, 2.75) is 34.2 Å². The fourth-order valence-corrected chi connectivity index (χ4v) is 1.60. The van der Waals surface area contributed by atoms with Crippen molar-refractivity contribution < 1.29 is 9.53 Å². The summed E-state index contributed by atoms with van der Waals surface area (Å²) in [6.45, 7) is 9.29. The molecule has 0 spiro atoms. The van der Waals surface area contributed by atoms with E-state index < -0.39 is 0 Å². The largest absolute Gasteiger partial charge is 0.461 e. The molecule has 1 aromatic heterocycles. The Kier molecular flexibility index (Phi) is 3.95. The van der Waals surface area contributed by atoms with Crippen molar-refractivity contribution in [2.75, 3.05) is 6.61 Å². The highest BCUT2D eigenvalue weighted by Gasteiger charge is 2.15. The van der Waals surface area contributed by atoms with Gasteiger partial charge < -0.3 is 9.30 Å². The summed E-state index contributed by atoms with van der Waals surface area (Å²) in [5.41, 5.74) is 1.67. The predicted molar refractivity (Wildman–Crippen MR) is 60.0 cm³/mol. The maximum atomic E-state index is 11.7. The maximum Gasteiger partial charge on any atom is 0.355 e. The summed E-state index contributed by atoms with van der Waals surface area (Å²) in [7, 11) is 0. The van der Waals surface area contributed by atoms with Crippen molar-refractivity contribution >= 4 is 5.97 Å². The van der Waals surface area contributed by atoms with E-state index in [2.05, 4.69) is 13.8 Å². The van der Waals surface area contributed by atoms with Gasteiger partial charge in [-0.2, -0.15) is 0 Å². The van der Waals surface area contributed by atoms with E-state index in [0.717, 1.165) is 12.1 Å². The average Bonchev–Trinajstić information content (AvgIpc) is 2.46. The second kappa shape index (κ2) is 5.01. The SMILES string of the molecule is CCOC(=O)c1c(C)ccn1CC(C)C. The van der Waals surface area contributed by atoms with Crippen LogP contribution in [0, 0.1) is 12.8 Å². The molecule has 84 valence electrons. The van der Waals surface area contributed by atoms with E-state index in [4.69, 9.17) is 4.74 Å². The fourth-order valence-electron chi connectivity index (χ4n) is 1.60. The van der Waals surface area contributed by atoms with Crippen LogP contribution < -0.4 is 0 Å². The van der Waals surface area contributed by atoms with Crippen LogP contribution in [0.15, 0.2) is 12.3 Å². The lowest BCUT2D eigenvalue weighted by molar-refractivity contribution is 0.0512. The molecule has 0 bridgehead atoms. The van der Waals surface area contributed by atoms with Crippen molar-refractivity contribution in [1.29, 1.82) is 0 Å². The van der Waals surface area contributed by atoms with Crippen LogP contribution in [0.4, 0.5) is 0 Å². The van der Waals surface area contributed by atoms with Gasteiger partial charge in [0, 0.05) is 12.7 Å². The molecule has 0 N–H and O–H groups in total. The molecule has 0 amide bonds. The number of nitrogens with zero attached hydrogens (tertiary/aromatic N) is 1. The maximum absolute atomic E-state index is 11.7. The molecule has 15 heavy (non-hydrogen) atoms. The Hall–Kier alpha value is -1.25. The molecule has 0 atom stereocenters. The van der Waals surface area contributed by atoms with Crippen LogP contribution in [-0.4, -0.2) is 17.1 Å². The minimum atomic E-state index is -0.222. The third kappa shape index (κ3) is 2.85. The van der Waals surface area contributed by atoms with Gasteiger partial charge >= 0.3 is 5.97 Å². The fraction of sp³-hybridized carbons (Fsp3) is 0.583. The highest BCUT2D eigenvalue weighted by atomic mass is 16.5. The van der Waals surface area contributed by atoms with E-state index in [0.29, 0.717) is 18.2 Å². The van der Waals surface area contributed by atoms with Crippen LogP contribution >= 0.6 is 0 Å². The standard InChI is InChI=1S/C12H19NO2/c1-5-15-12(14)11-10(4)6-7-13(11)8-9(2)3/h6-7,9H,5,8H2,1-4H3. The number of hydrogen-bond donors (Lipinski definition) is 0. The molecule has 1 aromatic rings. The second-order valence-electron chi connectivity index (χ2n) is 4.11. The molecule has 3 heteroatoms. The minimum absolute atomic E-state index is 0.222. The molecule has 1 rings (SSSR count). The van der Waals surface area contributed by atoms with Gasteiger partial charge in [-0.05, 0) is 31.4 Å². The van der Waals surface area contributed by atoms with Gasteiger partial charge in [0.25, 0.3) is 0 Å². The van der Waals surface area contributed by atoms with E-state index in [9.17, 15) is 4.79 Å².